The fourth-order valence-corrected chi connectivity index (χ4v) is 6.38. The minimum Gasteiger partial charge on any atom is -0.488 e. The molecule has 2 heterocycles. The molecule has 8 nitrogen and oxygen atoms in total. The Morgan fingerprint density at radius 3 is 2.61 bits per heavy atom. The third-order valence-electron chi connectivity index (χ3n) is 6.67. The predicted molar refractivity (Wildman–Crippen MR) is 163 cm³/mol. The van der Waals surface area contributed by atoms with E-state index < -0.39 is 4.92 Å². The molecule has 0 fully saturated rings. The van der Waals surface area contributed by atoms with E-state index in [1.54, 1.807) is 29.7 Å². The number of carbonyl (C=O) groups is 1. The predicted octanol–water partition coefficient (Wildman–Crippen LogP) is 7.48. The summed E-state index contributed by atoms with van der Waals surface area (Å²) in [5, 5.41) is 11.5. The van der Waals surface area contributed by atoms with Crippen LogP contribution in [-0.2, 0) is 30.9 Å². The standard InChI is InChI=1S/C31H28BrN3O5S/c1-2-39-31(36)29-25-14-15-34(18-21-6-4-3-5-7-21)19-28(25)41-30(29)33-17-23-10-13-27(26(32)16-23)40-20-22-8-11-24(12-9-22)35(37)38/h3-13,16-17H,2,14-15,18-20H2,1H3. The Balaban J connectivity index is 1.30. The number of esters is 1. The van der Waals surface area contributed by atoms with Gasteiger partial charge in [0.15, 0.2) is 0 Å². The van der Waals surface area contributed by atoms with Crippen LogP contribution in [0.1, 0.15) is 44.4 Å². The van der Waals surface area contributed by atoms with Crippen molar-refractivity contribution in [2.24, 2.45) is 4.99 Å². The number of hydrogen-bond acceptors (Lipinski definition) is 8. The number of carbonyl (C=O) groups excluding carboxylic acids is 1. The molecule has 0 spiro atoms. The van der Waals surface area contributed by atoms with Gasteiger partial charge in [0.2, 0.25) is 0 Å². The Morgan fingerprint density at radius 2 is 1.90 bits per heavy atom. The highest BCUT2D eigenvalue weighted by Gasteiger charge is 2.28. The average molecular weight is 635 g/mol. The minimum atomic E-state index is -0.427. The van der Waals surface area contributed by atoms with E-state index in [1.807, 2.05) is 31.2 Å². The van der Waals surface area contributed by atoms with E-state index in [9.17, 15) is 14.9 Å². The number of fused-ring (bicyclic) bond motifs is 1. The van der Waals surface area contributed by atoms with Crippen molar-refractivity contribution in [2.45, 2.75) is 33.0 Å². The van der Waals surface area contributed by atoms with Crippen molar-refractivity contribution in [3.05, 3.63) is 120 Å². The van der Waals surface area contributed by atoms with Crippen molar-refractivity contribution in [3.63, 3.8) is 0 Å². The molecule has 1 aromatic heterocycles. The van der Waals surface area contributed by atoms with Gasteiger partial charge < -0.3 is 9.47 Å². The Labute approximate surface area is 250 Å². The van der Waals surface area contributed by atoms with Gasteiger partial charge in [0, 0.05) is 42.9 Å². The highest BCUT2D eigenvalue weighted by atomic mass is 79.9. The van der Waals surface area contributed by atoms with E-state index >= 15 is 0 Å². The van der Waals surface area contributed by atoms with Crippen molar-refractivity contribution in [3.8, 4) is 5.75 Å². The van der Waals surface area contributed by atoms with Crippen LogP contribution in [0, 0.1) is 10.1 Å². The number of benzene rings is 3. The van der Waals surface area contributed by atoms with Gasteiger partial charge in [-0.3, -0.25) is 15.0 Å². The first kappa shape index (κ1) is 28.7. The van der Waals surface area contributed by atoms with Crippen LogP contribution in [0.3, 0.4) is 0 Å². The monoisotopic (exact) mass is 633 g/mol. The van der Waals surface area contributed by atoms with Gasteiger partial charge in [-0.25, -0.2) is 9.79 Å². The SMILES string of the molecule is CCOC(=O)c1c(N=Cc2ccc(OCc3ccc([N+](=O)[O-])cc3)c(Br)c2)sc2c1CCN(Cc1ccccc1)C2. The summed E-state index contributed by atoms with van der Waals surface area (Å²) >= 11 is 5.11. The lowest BCUT2D eigenvalue weighted by Crippen LogP contribution is -2.29. The first-order chi connectivity index (χ1) is 19.9. The second kappa shape index (κ2) is 13.2. The Hall–Kier alpha value is -3.86. The summed E-state index contributed by atoms with van der Waals surface area (Å²) < 4.78 is 12.1. The van der Waals surface area contributed by atoms with Crippen LogP contribution in [0.2, 0.25) is 0 Å². The minimum absolute atomic E-state index is 0.0424. The molecule has 0 bridgehead atoms. The Kier molecular flexibility index (Phi) is 9.23. The summed E-state index contributed by atoms with van der Waals surface area (Å²) in [6, 6.07) is 22.3. The van der Waals surface area contributed by atoms with E-state index in [4.69, 9.17) is 14.5 Å². The quantitative estimate of drug-likeness (QED) is 0.0777. The number of halogens is 1. The number of nitrogens with zero attached hydrogens (tertiary/aromatic N) is 3. The van der Waals surface area contributed by atoms with Crippen LogP contribution in [0.15, 0.2) is 82.3 Å². The molecular formula is C31H28BrN3O5S. The summed E-state index contributed by atoms with van der Waals surface area (Å²) in [4.78, 5) is 31.7. The number of ether oxygens (including phenoxy) is 2. The molecule has 0 saturated carbocycles. The van der Waals surface area contributed by atoms with Crippen LogP contribution < -0.4 is 4.74 Å². The van der Waals surface area contributed by atoms with Gasteiger partial charge in [-0.05, 0) is 81.9 Å². The maximum absolute atomic E-state index is 13.0. The Morgan fingerprint density at radius 1 is 1.12 bits per heavy atom. The molecule has 0 atom stereocenters. The fraction of sp³-hybridized carbons (Fsp3) is 0.226. The second-order valence-corrected chi connectivity index (χ2v) is 11.4. The molecule has 5 rings (SSSR count). The molecule has 210 valence electrons. The van der Waals surface area contributed by atoms with Crippen molar-refractivity contribution < 1.29 is 19.2 Å². The molecule has 0 unspecified atom stereocenters. The van der Waals surface area contributed by atoms with Gasteiger partial charge >= 0.3 is 5.97 Å². The van der Waals surface area contributed by atoms with E-state index in [1.165, 1.54) is 17.7 Å². The fourth-order valence-electron chi connectivity index (χ4n) is 4.65. The van der Waals surface area contributed by atoms with Crippen LogP contribution >= 0.6 is 27.3 Å². The zero-order valence-electron chi connectivity index (χ0n) is 22.4. The van der Waals surface area contributed by atoms with E-state index in [0.29, 0.717) is 22.9 Å². The van der Waals surface area contributed by atoms with E-state index in [-0.39, 0.29) is 18.3 Å². The third kappa shape index (κ3) is 7.08. The highest BCUT2D eigenvalue weighted by molar-refractivity contribution is 9.10. The van der Waals surface area contributed by atoms with Crippen LogP contribution in [0.25, 0.3) is 0 Å². The summed E-state index contributed by atoms with van der Waals surface area (Å²) in [5.41, 5.74) is 4.59. The molecule has 0 saturated heterocycles. The molecule has 0 radical (unpaired) electrons. The van der Waals surface area contributed by atoms with Gasteiger partial charge in [0.25, 0.3) is 5.69 Å². The number of nitro groups is 1. The smallest absolute Gasteiger partial charge is 0.341 e. The zero-order chi connectivity index (χ0) is 28.8. The van der Waals surface area contributed by atoms with Crippen molar-refractivity contribution in [1.82, 2.24) is 4.90 Å². The van der Waals surface area contributed by atoms with Crippen molar-refractivity contribution >= 4 is 50.1 Å². The highest BCUT2D eigenvalue weighted by Crippen LogP contribution is 2.40. The summed E-state index contributed by atoms with van der Waals surface area (Å²) in [7, 11) is 0. The Bertz CT molecular complexity index is 1570. The molecule has 0 aliphatic carbocycles. The first-order valence-corrected chi connectivity index (χ1v) is 14.8. The van der Waals surface area contributed by atoms with Gasteiger partial charge in [0.05, 0.1) is 21.6 Å². The number of non-ortho nitro benzene ring substituents is 1. The summed E-state index contributed by atoms with van der Waals surface area (Å²) in [6.07, 6.45) is 2.52. The summed E-state index contributed by atoms with van der Waals surface area (Å²) in [5.74, 6) is 0.308. The van der Waals surface area contributed by atoms with Crippen LogP contribution in [0.4, 0.5) is 10.7 Å². The van der Waals surface area contributed by atoms with Crippen molar-refractivity contribution in [1.29, 1.82) is 0 Å². The van der Waals surface area contributed by atoms with Crippen LogP contribution in [-0.4, -0.2) is 35.2 Å². The van der Waals surface area contributed by atoms with E-state index in [0.717, 1.165) is 52.1 Å². The number of aliphatic imine (C=N–C) groups is 1. The van der Waals surface area contributed by atoms with Gasteiger partial charge in [-0.2, -0.15) is 0 Å². The van der Waals surface area contributed by atoms with Gasteiger partial charge in [0.1, 0.15) is 17.4 Å². The maximum Gasteiger partial charge on any atom is 0.341 e. The lowest BCUT2D eigenvalue weighted by molar-refractivity contribution is -0.384. The lowest BCUT2D eigenvalue weighted by atomic mass is 10.0. The topological polar surface area (TPSA) is 94.3 Å². The number of rotatable bonds is 10. The number of hydrogen-bond donors (Lipinski definition) is 0. The molecule has 3 aromatic carbocycles. The van der Waals surface area contributed by atoms with Crippen molar-refractivity contribution in [2.75, 3.05) is 13.2 Å². The molecule has 10 heteroatoms. The van der Waals surface area contributed by atoms with E-state index in [2.05, 4.69) is 45.1 Å². The first-order valence-electron chi connectivity index (χ1n) is 13.2. The molecule has 4 aromatic rings. The molecule has 0 amide bonds. The largest absolute Gasteiger partial charge is 0.488 e. The number of nitro benzene ring substituents is 1. The second-order valence-electron chi connectivity index (χ2n) is 9.51. The third-order valence-corrected chi connectivity index (χ3v) is 8.42. The van der Waals surface area contributed by atoms with Gasteiger partial charge in [-0.15, -0.1) is 11.3 Å². The maximum atomic E-state index is 13.0. The van der Waals surface area contributed by atoms with Gasteiger partial charge in [-0.1, -0.05) is 30.3 Å². The lowest BCUT2D eigenvalue weighted by Gasteiger charge is -2.27. The molecule has 1 aliphatic rings. The summed E-state index contributed by atoms with van der Waals surface area (Å²) in [6.45, 7) is 4.88. The molecular weight excluding hydrogens is 606 g/mol. The van der Waals surface area contributed by atoms with Crippen LogP contribution in [0.5, 0.6) is 5.75 Å². The molecule has 0 N–H and O–H groups in total. The average Bonchev–Trinajstić information content (AvgIpc) is 3.34. The zero-order valence-corrected chi connectivity index (χ0v) is 24.8. The molecule has 1 aliphatic heterocycles. The normalized spacial score (nSPS) is 13.2. The number of thiophene rings is 1. The molecule has 41 heavy (non-hydrogen) atoms.